The largest absolute Gasteiger partial charge is 0.369 e. The Morgan fingerprint density at radius 1 is 1.35 bits per heavy atom. The number of benzene rings is 1. The smallest absolute Gasteiger partial charge is 0.238 e. The van der Waals surface area contributed by atoms with E-state index in [1.807, 2.05) is 11.0 Å². The quantitative estimate of drug-likeness (QED) is 0.847. The van der Waals surface area contributed by atoms with E-state index in [-0.39, 0.29) is 11.7 Å². The van der Waals surface area contributed by atoms with Gasteiger partial charge in [0, 0.05) is 13.1 Å². The first-order chi connectivity index (χ1) is 11.0. The Hall–Kier alpha value is -1.91. The van der Waals surface area contributed by atoms with Crippen LogP contribution in [0.4, 0.5) is 4.39 Å². The van der Waals surface area contributed by atoms with E-state index in [0.29, 0.717) is 31.8 Å². The molecule has 2 amide bonds. The van der Waals surface area contributed by atoms with E-state index >= 15 is 0 Å². The van der Waals surface area contributed by atoms with Crippen LogP contribution in [0.25, 0.3) is 0 Å². The summed E-state index contributed by atoms with van der Waals surface area (Å²) in [5.74, 6) is -0.371. The number of primary amides is 1. The molecule has 3 rings (SSSR count). The summed E-state index contributed by atoms with van der Waals surface area (Å²) in [6.07, 6.45) is 4.94. The molecule has 0 radical (unpaired) electrons. The van der Waals surface area contributed by atoms with Crippen LogP contribution in [0.1, 0.15) is 37.7 Å². The van der Waals surface area contributed by atoms with Crippen LogP contribution >= 0.6 is 0 Å². The van der Waals surface area contributed by atoms with Crippen molar-refractivity contribution < 1.29 is 14.0 Å². The second-order valence-electron chi connectivity index (χ2n) is 6.87. The van der Waals surface area contributed by atoms with Crippen molar-refractivity contribution in [2.45, 2.75) is 38.5 Å². The van der Waals surface area contributed by atoms with Gasteiger partial charge < -0.3 is 10.6 Å². The molecule has 0 bridgehead atoms. The fraction of sp³-hybridized carbons (Fsp3) is 0.556. The van der Waals surface area contributed by atoms with Gasteiger partial charge >= 0.3 is 0 Å². The first kappa shape index (κ1) is 16.0. The molecule has 1 aliphatic carbocycles. The topological polar surface area (TPSA) is 63.4 Å². The number of nitrogens with two attached hydrogens (primary N) is 1. The highest BCUT2D eigenvalue weighted by atomic mass is 19.1. The molecule has 2 aliphatic rings. The van der Waals surface area contributed by atoms with Crippen molar-refractivity contribution in [2.75, 3.05) is 13.1 Å². The van der Waals surface area contributed by atoms with Gasteiger partial charge in [0.1, 0.15) is 11.2 Å². The summed E-state index contributed by atoms with van der Waals surface area (Å²) < 4.78 is 13.2. The van der Waals surface area contributed by atoms with Gasteiger partial charge in [-0.3, -0.25) is 9.59 Å². The lowest BCUT2D eigenvalue weighted by atomic mass is 9.90. The Bertz CT molecular complexity index is 613. The molecule has 1 aromatic carbocycles. The van der Waals surface area contributed by atoms with Crippen molar-refractivity contribution in [3.05, 3.63) is 35.6 Å². The van der Waals surface area contributed by atoms with E-state index in [0.717, 1.165) is 31.2 Å². The van der Waals surface area contributed by atoms with Gasteiger partial charge in [0.05, 0.1) is 0 Å². The molecule has 0 spiro atoms. The normalized spacial score (nSPS) is 22.7. The number of piperidine rings is 1. The zero-order chi connectivity index (χ0) is 16.4. The van der Waals surface area contributed by atoms with Crippen LogP contribution in [0.5, 0.6) is 0 Å². The summed E-state index contributed by atoms with van der Waals surface area (Å²) >= 11 is 0. The Morgan fingerprint density at radius 3 is 2.78 bits per heavy atom. The first-order valence-corrected chi connectivity index (χ1v) is 8.35. The van der Waals surface area contributed by atoms with Gasteiger partial charge in [0.15, 0.2) is 0 Å². The molecule has 1 heterocycles. The molecule has 1 atom stereocenters. The lowest BCUT2D eigenvalue weighted by Gasteiger charge is -2.34. The molecule has 124 valence electrons. The summed E-state index contributed by atoms with van der Waals surface area (Å²) in [4.78, 5) is 25.9. The summed E-state index contributed by atoms with van der Waals surface area (Å²) in [5, 5.41) is 0. The SMILES string of the molecule is NC(=O)C1(C(=O)N2CCCC(CCc3cccc(F)c3)C2)CC1. The number of aryl methyl sites for hydroxylation is 1. The van der Waals surface area contributed by atoms with Gasteiger partial charge in [-0.1, -0.05) is 12.1 Å². The molecule has 1 aromatic rings. The molecule has 1 saturated heterocycles. The minimum Gasteiger partial charge on any atom is -0.369 e. The van der Waals surface area contributed by atoms with Crippen molar-refractivity contribution in [3.8, 4) is 0 Å². The molecular formula is C18H23FN2O2. The van der Waals surface area contributed by atoms with E-state index in [1.54, 1.807) is 12.1 Å². The van der Waals surface area contributed by atoms with Crippen molar-refractivity contribution >= 4 is 11.8 Å². The second kappa shape index (κ2) is 6.30. The van der Waals surface area contributed by atoms with Crippen molar-refractivity contribution in [1.82, 2.24) is 4.90 Å². The highest BCUT2D eigenvalue weighted by Crippen LogP contribution is 2.47. The Kier molecular flexibility index (Phi) is 4.37. The van der Waals surface area contributed by atoms with E-state index in [2.05, 4.69) is 0 Å². The average molecular weight is 318 g/mol. The van der Waals surface area contributed by atoms with E-state index in [1.165, 1.54) is 6.07 Å². The van der Waals surface area contributed by atoms with Gasteiger partial charge in [-0.2, -0.15) is 0 Å². The van der Waals surface area contributed by atoms with Gasteiger partial charge in [0.2, 0.25) is 11.8 Å². The molecule has 23 heavy (non-hydrogen) atoms. The Balaban J connectivity index is 1.56. The highest BCUT2D eigenvalue weighted by molar-refractivity contribution is 6.07. The molecular weight excluding hydrogens is 295 g/mol. The third-order valence-corrected chi connectivity index (χ3v) is 5.17. The third kappa shape index (κ3) is 3.38. The number of likely N-dealkylation sites (tertiary alicyclic amines) is 1. The Morgan fingerprint density at radius 2 is 2.13 bits per heavy atom. The van der Waals surface area contributed by atoms with Crippen LogP contribution in [0.3, 0.4) is 0 Å². The zero-order valence-corrected chi connectivity index (χ0v) is 13.3. The van der Waals surface area contributed by atoms with Crippen molar-refractivity contribution in [2.24, 2.45) is 17.1 Å². The van der Waals surface area contributed by atoms with E-state index in [4.69, 9.17) is 5.73 Å². The zero-order valence-electron chi connectivity index (χ0n) is 13.3. The molecule has 2 fully saturated rings. The monoisotopic (exact) mass is 318 g/mol. The Labute approximate surface area is 135 Å². The highest BCUT2D eigenvalue weighted by Gasteiger charge is 2.57. The van der Waals surface area contributed by atoms with Crippen molar-refractivity contribution in [3.63, 3.8) is 0 Å². The number of nitrogens with zero attached hydrogens (tertiary/aromatic N) is 1. The van der Waals surface area contributed by atoms with Gasteiger partial charge in [-0.25, -0.2) is 4.39 Å². The minimum atomic E-state index is -0.912. The van der Waals surface area contributed by atoms with Crippen LogP contribution in [0.2, 0.25) is 0 Å². The van der Waals surface area contributed by atoms with Gasteiger partial charge in [-0.15, -0.1) is 0 Å². The number of carbonyl (C=O) groups excluding carboxylic acids is 2. The van der Waals surface area contributed by atoms with Gasteiger partial charge in [-0.05, 0) is 62.1 Å². The van der Waals surface area contributed by atoms with Crippen LogP contribution in [-0.2, 0) is 16.0 Å². The van der Waals surface area contributed by atoms with Gasteiger partial charge in [0.25, 0.3) is 0 Å². The maximum Gasteiger partial charge on any atom is 0.238 e. The van der Waals surface area contributed by atoms with Crippen LogP contribution in [0.15, 0.2) is 24.3 Å². The lowest BCUT2D eigenvalue weighted by molar-refractivity contribution is -0.144. The second-order valence-corrected chi connectivity index (χ2v) is 6.87. The van der Waals surface area contributed by atoms with Crippen LogP contribution < -0.4 is 5.73 Å². The summed E-state index contributed by atoms with van der Waals surface area (Å²) in [5.41, 5.74) is 5.48. The number of rotatable bonds is 5. The first-order valence-electron chi connectivity index (χ1n) is 8.35. The third-order valence-electron chi connectivity index (χ3n) is 5.17. The number of hydrogen-bond acceptors (Lipinski definition) is 2. The van der Waals surface area contributed by atoms with Crippen LogP contribution in [-0.4, -0.2) is 29.8 Å². The average Bonchev–Trinajstić information content (AvgIpc) is 3.34. The molecule has 1 saturated carbocycles. The number of carbonyl (C=O) groups is 2. The van der Waals surface area contributed by atoms with Crippen LogP contribution in [0, 0.1) is 17.2 Å². The van der Waals surface area contributed by atoms with E-state index in [9.17, 15) is 14.0 Å². The van der Waals surface area contributed by atoms with E-state index < -0.39 is 11.3 Å². The minimum absolute atomic E-state index is 0.0829. The fourth-order valence-corrected chi connectivity index (χ4v) is 3.54. The maximum absolute atomic E-state index is 13.2. The fourth-order valence-electron chi connectivity index (χ4n) is 3.54. The number of hydrogen-bond donors (Lipinski definition) is 1. The molecule has 1 aliphatic heterocycles. The molecule has 2 N–H and O–H groups in total. The molecule has 0 aromatic heterocycles. The van der Waals surface area contributed by atoms with Crippen molar-refractivity contribution in [1.29, 1.82) is 0 Å². The predicted octanol–water partition coefficient (Wildman–Crippen LogP) is 2.26. The summed E-state index contributed by atoms with van der Waals surface area (Å²) in [6, 6.07) is 6.67. The molecule has 4 nitrogen and oxygen atoms in total. The number of amides is 2. The summed E-state index contributed by atoms with van der Waals surface area (Å²) in [7, 11) is 0. The number of halogens is 1. The standard InChI is InChI=1S/C18H23FN2O2/c19-15-5-1-3-13(11-15)6-7-14-4-2-10-21(12-14)17(23)18(8-9-18)16(20)22/h1,3,5,11,14H,2,4,6-10,12H2,(H2,20,22). The maximum atomic E-state index is 13.2. The predicted molar refractivity (Wildman–Crippen MR) is 84.9 cm³/mol. The lowest BCUT2D eigenvalue weighted by Crippen LogP contribution is -2.47. The molecule has 5 heteroatoms. The summed E-state index contributed by atoms with van der Waals surface area (Å²) in [6.45, 7) is 1.40. The molecule has 1 unspecified atom stereocenters.